The van der Waals surface area contributed by atoms with Crippen LogP contribution in [-0.2, 0) is 20.4 Å². The van der Waals surface area contributed by atoms with Gasteiger partial charge >= 0.3 is 11.9 Å². The number of aromatic carboxylic acids is 1. The minimum Gasteiger partial charge on any atom is -0.478 e. The first-order valence-corrected chi connectivity index (χ1v) is 16.3. The molecule has 1 aromatic heterocycles. The first-order valence-electron chi connectivity index (χ1n) is 13.1. The van der Waals surface area contributed by atoms with Crippen molar-refractivity contribution in [3.05, 3.63) is 64.4 Å². The number of carboxylic acids is 1. The van der Waals surface area contributed by atoms with Crippen LogP contribution in [0.3, 0.4) is 0 Å². The van der Waals surface area contributed by atoms with Crippen LogP contribution >= 0.6 is 11.6 Å². The van der Waals surface area contributed by atoms with Crippen molar-refractivity contribution in [1.82, 2.24) is 10.3 Å². The molecule has 3 rings (SSSR count). The third kappa shape index (κ3) is 7.23. The normalized spacial score (nSPS) is 21.2. The number of nitrogens with one attached hydrogen (secondary N) is 1. The number of carbonyl (C=O) groups is 2. The molecule has 208 valence electrons. The Morgan fingerprint density at radius 1 is 1.13 bits per heavy atom. The highest BCUT2D eigenvalue weighted by Crippen LogP contribution is 2.43. The summed E-state index contributed by atoms with van der Waals surface area (Å²) in [5.74, 6) is -1.31. The van der Waals surface area contributed by atoms with E-state index in [1.165, 1.54) is 0 Å². The summed E-state index contributed by atoms with van der Waals surface area (Å²) >= 11 is 6.09. The predicted octanol–water partition coefficient (Wildman–Crippen LogP) is 6.57. The Hall–Kier alpha value is -2.26. The van der Waals surface area contributed by atoms with Gasteiger partial charge in [0.25, 0.3) is 0 Å². The van der Waals surface area contributed by atoms with Crippen molar-refractivity contribution < 1.29 is 23.9 Å². The second-order valence-corrected chi connectivity index (χ2v) is 17.9. The molecule has 38 heavy (non-hydrogen) atoms. The number of ether oxygens (including phenoxy) is 1. The molecule has 0 radical (unpaired) electrons. The van der Waals surface area contributed by atoms with Crippen molar-refractivity contribution in [1.29, 1.82) is 0 Å². The van der Waals surface area contributed by atoms with E-state index >= 15 is 0 Å². The molecule has 2 N–H and O–H groups in total. The standard InChI is InChI=1S/C29H41ClN2O5Si/c1-27(2,3)36-26(35)29(17-19-9-11-20(12-10-19)25(33)34)16-15-22(32-29)24(21-13-14-23(30)31-18-21)37-38(7,8)28(4,5)6/h9-14,18,22,24,32H,15-17H2,1-8H3,(H,33,34)/t22-,24-,29+/m1/s1. The van der Waals surface area contributed by atoms with E-state index in [1.54, 1.807) is 36.5 Å². The topological polar surface area (TPSA) is 97.8 Å². The molecule has 1 aliphatic heterocycles. The number of esters is 1. The summed E-state index contributed by atoms with van der Waals surface area (Å²) in [6.45, 7) is 16.6. The Balaban J connectivity index is 1.99. The lowest BCUT2D eigenvalue weighted by atomic mass is 9.88. The van der Waals surface area contributed by atoms with Crippen molar-refractivity contribution in [2.45, 2.75) is 102 Å². The summed E-state index contributed by atoms with van der Waals surface area (Å²) in [6, 6.07) is 10.2. The summed E-state index contributed by atoms with van der Waals surface area (Å²) in [5.41, 5.74) is 0.313. The number of benzene rings is 1. The maximum atomic E-state index is 13.7. The van der Waals surface area contributed by atoms with Gasteiger partial charge in [-0.05, 0) is 81.1 Å². The highest BCUT2D eigenvalue weighted by molar-refractivity contribution is 6.74. The molecule has 0 unspecified atom stereocenters. The van der Waals surface area contributed by atoms with Gasteiger partial charge in [0.05, 0.1) is 11.7 Å². The first kappa shape index (κ1) is 30.3. The van der Waals surface area contributed by atoms with Gasteiger partial charge in [-0.1, -0.05) is 50.6 Å². The Kier molecular flexibility index (Phi) is 8.83. The highest BCUT2D eigenvalue weighted by atomic mass is 35.5. The fourth-order valence-corrected chi connectivity index (χ4v) is 5.82. The molecule has 1 aliphatic rings. The SMILES string of the molecule is CC(C)(C)OC(=O)[C@@]1(Cc2ccc(C(=O)O)cc2)CC[C@H]([C@H](O[Si](C)(C)C(C)(C)C)c2ccc(Cl)nc2)N1. The maximum absolute atomic E-state index is 13.7. The number of rotatable bonds is 8. The van der Waals surface area contributed by atoms with Crippen LogP contribution in [0.4, 0.5) is 0 Å². The Morgan fingerprint density at radius 3 is 2.26 bits per heavy atom. The molecule has 0 saturated carbocycles. The molecule has 7 nitrogen and oxygen atoms in total. The van der Waals surface area contributed by atoms with Crippen LogP contribution in [0.2, 0.25) is 23.3 Å². The average molecular weight is 561 g/mol. The zero-order valence-electron chi connectivity index (χ0n) is 23.7. The van der Waals surface area contributed by atoms with Crippen molar-refractivity contribution in [2.75, 3.05) is 0 Å². The van der Waals surface area contributed by atoms with Crippen LogP contribution in [0.1, 0.15) is 82.0 Å². The second-order valence-electron chi connectivity index (χ2n) is 12.8. The molecular formula is C29H41ClN2O5Si. The fraction of sp³-hybridized carbons (Fsp3) is 0.552. The van der Waals surface area contributed by atoms with Gasteiger partial charge in [-0.2, -0.15) is 0 Å². The average Bonchev–Trinajstić information content (AvgIpc) is 3.22. The van der Waals surface area contributed by atoms with Gasteiger partial charge in [-0.25, -0.2) is 9.78 Å². The summed E-state index contributed by atoms with van der Waals surface area (Å²) < 4.78 is 12.9. The van der Waals surface area contributed by atoms with Crippen molar-refractivity contribution >= 4 is 31.9 Å². The molecule has 0 spiro atoms. The molecule has 2 heterocycles. The number of hydrogen-bond acceptors (Lipinski definition) is 6. The third-order valence-corrected chi connectivity index (χ3v) is 12.2. The Labute approximate surface area is 232 Å². The highest BCUT2D eigenvalue weighted by Gasteiger charge is 2.51. The summed E-state index contributed by atoms with van der Waals surface area (Å²) in [4.78, 5) is 29.4. The second kappa shape index (κ2) is 11.1. The lowest BCUT2D eigenvalue weighted by molar-refractivity contribution is -0.163. The number of nitrogens with zero attached hydrogens (tertiary/aromatic N) is 1. The fourth-order valence-electron chi connectivity index (χ4n) is 4.42. The molecule has 0 amide bonds. The molecule has 1 aromatic carbocycles. The zero-order chi connectivity index (χ0) is 28.5. The van der Waals surface area contributed by atoms with Crippen LogP contribution in [0.15, 0.2) is 42.6 Å². The van der Waals surface area contributed by atoms with E-state index in [9.17, 15) is 14.7 Å². The van der Waals surface area contributed by atoms with Gasteiger partial charge in [0.2, 0.25) is 0 Å². The van der Waals surface area contributed by atoms with Gasteiger partial charge in [0, 0.05) is 18.7 Å². The van der Waals surface area contributed by atoms with E-state index in [4.69, 9.17) is 20.8 Å². The predicted molar refractivity (Wildman–Crippen MR) is 152 cm³/mol. The number of pyridine rings is 1. The van der Waals surface area contributed by atoms with Gasteiger partial charge in [0.15, 0.2) is 8.32 Å². The van der Waals surface area contributed by atoms with Crippen LogP contribution in [0.5, 0.6) is 0 Å². The molecule has 9 heteroatoms. The van der Waals surface area contributed by atoms with Crippen molar-refractivity contribution in [2.24, 2.45) is 0 Å². The van der Waals surface area contributed by atoms with Crippen LogP contribution in [0, 0.1) is 0 Å². The van der Waals surface area contributed by atoms with E-state index in [0.717, 1.165) is 11.1 Å². The van der Waals surface area contributed by atoms with Gasteiger partial charge < -0.3 is 14.3 Å². The quantitative estimate of drug-likeness (QED) is 0.214. The molecular weight excluding hydrogens is 520 g/mol. The van der Waals surface area contributed by atoms with E-state index in [2.05, 4.69) is 44.2 Å². The smallest absolute Gasteiger partial charge is 0.335 e. The molecule has 3 atom stereocenters. The van der Waals surface area contributed by atoms with Gasteiger partial charge in [-0.3, -0.25) is 10.1 Å². The molecule has 1 fully saturated rings. The molecule has 2 aromatic rings. The lowest BCUT2D eigenvalue weighted by Crippen LogP contribution is -2.56. The number of aromatic nitrogens is 1. The molecule has 1 saturated heterocycles. The summed E-state index contributed by atoms with van der Waals surface area (Å²) in [6.07, 6.45) is 3.02. The lowest BCUT2D eigenvalue weighted by Gasteiger charge is -2.41. The largest absolute Gasteiger partial charge is 0.478 e. The monoisotopic (exact) mass is 560 g/mol. The first-order chi connectivity index (χ1) is 17.4. The minimum absolute atomic E-state index is 0.0160. The summed E-state index contributed by atoms with van der Waals surface area (Å²) in [5, 5.41) is 13.3. The minimum atomic E-state index is -2.21. The number of carbonyl (C=O) groups excluding carboxylic acids is 1. The van der Waals surface area contributed by atoms with Crippen LogP contribution in [-0.4, -0.2) is 47.5 Å². The molecule has 0 aliphatic carbocycles. The van der Waals surface area contributed by atoms with Crippen molar-refractivity contribution in [3.8, 4) is 0 Å². The zero-order valence-corrected chi connectivity index (χ0v) is 25.5. The van der Waals surface area contributed by atoms with E-state index < -0.39 is 25.4 Å². The number of halogens is 1. The van der Waals surface area contributed by atoms with Crippen molar-refractivity contribution in [3.63, 3.8) is 0 Å². The van der Waals surface area contributed by atoms with Crippen LogP contribution < -0.4 is 5.32 Å². The van der Waals surface area contributed by atoms with E-state index in [0.29, 0.717) is 24.4 Å². The van der Waals surface area contributed by atoms with Gasteiger partial charge in [0.1, 0.15) is 16.3 Å². The number of carboxylic acid groups (broad SMARTS) is 1. The van der Waals surface area contributed by atoms with E-state index in [-0.39, 0.29) is 28.7 Å². The Morgan fingerprint density at radius 2 is 1.76 bits per heavy atom. The Bertz CT molecular complexity index is 1140. The third-order valence-electron chi connectivity index (χ3n) is 7.51. The summed E-state index contributed by atoms with van der Waals surface area (Å²) in [7, 11) is -2.21. The maximum Gasteiger partial charge on any atom is 0.335 e. The number of hydrogen-bond donors (Lipinski definition) is 2. The van der Waals surface area contributed by atoms with Gasteiger partial charge in [-0.15, -0.1) is 0 Å². The van der Waals surface area contributed by atoms with E-state index in [1.807, 2.05) is 26.8 Å². The van der Waals surface area contributed by atoms with Crippen LogP contribution in [0.25, 0.3) is 0 Å². The molecule has 0 bridgehead atoms.